The maximum Gasteiger partial charge on any atom is 0.191 e. The highest BCUT2D eigenvalue weighted by atomic mass is 16.5. The van der Waals surface area contributed by atoms with E-state index in [0.717, 1.165) is 23.0 Å². The molecule has 0 aliphatic rings. The Balaban J connectivity index is 1.40. The Morgan fingerprint density at radius 3 is 2.52 bits per heavy atom. The zero-order chi connectivity index (χ0) is 18.9. The highest BCUT2D eigenvalue weighted by molar-refractivity contribution is 5.79. The second kappa shape index (κ2) is 9.38. The fourth-order valence-corrected chi connectivity index (χ4v) is 2.49. The number of rotatable bonds is 7. The van der Waals surface area contributed by atoms with Gasteiger partial charge in [0.05, 0.1) is 12.2 Å². The van der Waals surface area contributed by atoms with Crippen molar-refractivity contribution in [3.8, 4) is 11.4 Å². The van der Waals surface area contributed by atoms with Crippen molar-refractivity contribution in [1.82, 2.24) is 25.4 Å². The van der Waals surface area contributed by atoms with Crippen molar-refractivity contribution in [3.05, 3.63) is 72.3 Å². The number of nitrogens with one attached hydrogen (secondary N) is 2. The lowest BCUT2D eigenvalue weighted by molar-refractivity contribution is 0.322. The summed E-state index contributed by atoms with van der Waals surface area (Å²) in [5, 5.41) is 10.7. The SMILES string of the molecule is CN=C(NCCOc1ccc(C)cc1)NCc1ccc(-n2cncn2)cc1. The van der Waals surface area contributed by atoms with Crippen molar-refractivity contribution < 1.29 is 4.74 Å². The maximum atomic E-state index is 5.71. The number of nitrogens with zero attached hydrogens (tertiary/aromatic N) is 4. The van der Waals surface area contributed by atoms with Gasteiger partial charge in [-0.05, 0) is 36.8 Å². The Labute approximate surface area is 159 Å². The number of hydrogen-bond acceptors (Lipinski definition) is 4. The van der Waals surface area contributed by atoms with E-state index >= 15 is 0 Å². The lowest BCUT2D eigenvalue weighted by atomic mass is 10.2. The van der Waals surface area contributed by atoms with Gasteiger partial charge in [-0.25, -0.2) is 9.67 Å². The summed E-state index contributed by atoms with van der Waals surface area (Å²) >= 11 is 0. The van der Waals surface area contributed by atoms with Crippen molar-refractivity contribution in [2.24, 2.45) is 4.99 Å². The molecular formula is C20H24N6O. The number of benzene rings is 2. The summed E-state index contributed by atoms with van der Waals surface area (Å²) < 4.78 is 7.44. The number of ether oxygens (including phenoxy) is 1. The van der Waals surface area contributed by atoms with Crippen LogP contribution in [0.5, 0.6) is 5.75 Å². The Kier molecular flexibility index (Phi) is 6.40. The molecule has 0 unspecified atom stereocenters. The van der Waals surface area contributed by atoms with Crippen LogP contribution in [-0.4, -0.2) is 40.9 Å². The van der Waals surface area contributed by atoms with Crippen LogP contribution in [0.15, 0.2) is 66.2 Å². The van der Waals surface area contributed by atoms with Gasteiger partial charge < -0.3 is 15.4 Å². The third-order valence-corrected chi connectivity index (χ3v) is 3.99. The van der Waals surface area contributed by atoms with Crippen LogP contribution in [0.25, 0.3) is 5.69 Å². The standard InChI is InChI=1S/C20H24N6O/c1-16-3-9-19(10-4-16)27-12-11-23-20(21-2)24-13-17-5-7-18(8-6-17)26-15-22-14-25-26/h3-10,14-15H,11-13H2,1-2H3,(H2,21,23,24). The van der Waals surface area contributed by atoms with Crippen LogP contribution in [0, 0.1) is 6.92 Å². The maximum absolute atomic E-state index is 5.71. The molecule has 0 spiro atoms. The highest BCUT2D eigenvalue weighted by Gasteiger charge is 2.01. The molecule has 3 rings (SSSR count). The molecule has 1 aromatic heterocycles. The molecule has 2 aromatic carbocycles. The molecule has 0 fully saturated rings. The zero-order valence-electron chi connectivity index (χ0n) is 15.6. The molecule has 0 saturated carbocycles. The van der Waals surface area contributed by atoms with Crippen LogP contribution in [0.2, 0.25) is 0 Å². The molecule has 0 radical (unpaired) electrons. The van der Waals surface area contributed by atoms with Gasteiger partial charge in [-0.3, -0.25) is 4.99 Å². The molecule has 7 nitrogen and oxygen atoms in total. The Bertz CT molecular complexity index is 841. The number of aromatic nitrogens is 3. The summed E-state index contributed by atoms with van der Waals surface area (Å²) in [4.78, 5) is 8.19. The molecule has 7 heteroatoms. The Morgan fingerprint density at radius 1 is 1.07 bits per heavy atom. The second-order valence-electron chi connectivity index (χ2n) is 6.02. The molecule has 0 atom stereocenters. The van der Waals surface area contributed by atoms with E-state index in [4.69, 9.17) is 4.74 Å². The highest BCUT2D eigenvalue weighted by Crippen LogP contribution is 2.11. The minimum atomic E-state index is 0.566. The van der Waals surface area contributed by atoms with Crippen LogP contribution in [0.3, 0.4) is 0 Å². The first kappa shape index (κ1) is 18.4. The normalized spacial score (nSPS) is 11.3. The number of guanidine groups is 1. The monoisotopic (exact) mass is 364 g/mol. The Morgan fingerprint density at radius 2 is 1.85 bits per heavy atom. The molecule has 3 aromatic rings. The molecule has 0 saturated heterocycles. The van der Waals surface area contributed by atoms with Gasteiger partial charge in [0.15, 0.2) is 5.96 Å². The minimum Gasteiger partial charge on any atom is -0.492 e. The average molecular weight is 364 g/mol. The van der Waals surface area contributed by atoms with Gasteiger partial charge >= 0.3 is 0 Å². The van der Waals surface area contributed by atoms with E-state index in [1.165, 1.54) is 11.9 Å². The summed E-state index contributed by atoms with van der Waals surface area (Å²) in [5.41, 5.74) is 3.35. The molecule has 0 aliphatic carbocycles. The number of hydrogen-bond donors (Lipinski definition) is 2. The molecule has 2 N–H and O–H groups in total. The van der Waals surface area contributed by atoms with Gasteiger partial charge in [0, 0.05) is 13.6 Å². The van der Waals surface area contributed by atoms with Crippen molar-refractivity contribution in [3.63, 3.8) is 0 Å². The lowest BCUT2D eigenvalue weighted by Crippen LogP contribution is -2.38. The van der Waals surface area contributed by atoms with Crippen LogP contribution in [0.4, 0.5) is 0 Å². The summed E-state index contributed by atoms with van der Waals surface area (Å²) in [7, 11) is 1.75. The summed E-state index contributed by atoms with van der Waals surface area (Å²) in [5.74, 6) is 1.61. The van der Waals surface area contributed by atoms with E-state index < -0.39 is 0 Å². The summed E-state index contributed by atoms with van der Waals surface area (Å²) in [6.45, 7) is 3.97. The van der Waals surface area contributed by atoms with E-state index in [9.17, 15) is 0 Å². The van der Waals surface area contributed by atoms with E-state index in [1.807, 2.05) is 36.4 Å². The third-order valence-electron chi connectivity index (χ3n) is 3.99. The molecule has 140 valence electrons. The largest absolute Gasteiger partial charge is 0.492 e. The molecule has 0 bridgehead atoms. The average Bonchev–Trinajstić information content (AvgIpc) is 3.24. The number of aliphatic imine (C=N–C) groups is 1. The fourth-order valence-electron chi connectivity index (χ4n) is 2.49. The van der Waals surface area contributed by atoms with Crippen LogP contribution in [-0.2, 0) is 6.54 Å². The van der Waals surface area contributed by atoms with Gasteiger partial charge in [-0.2, -0.15) is 5.10 Å². The second-order valence-corrected chi connectivity index (χ2v) is 6.02. The number of aryl methyl sites for hydroxylation is 1. The molecule has 1 heterocycles. The first-order valence-corrected chi connectivity index (χ1v) is 8.82. The quantitative estimate of drug-likeness (QED) is 0.382. The van der Waals surface area contributed by atoms with Crippen molar-refractivity contribution >= 4 is 5.96 Å². The topological polar surface area (TPSA) is 76.4 Å². The third kappa shape index (κ3) is 5.57. The van der Waals surface area contributed by atoms with Crippen LogP contribution < -0.4 is 15.4 Å². The van der Waals surface area contributed by atoms with Crippen molar-refractivity contribution in [2.75, 3.05) is 20.2 Å². The van der Waals surface area contributed by atoms with Gasteiger partial charge in [0.1, 0.15) is 25.0 Å². The van der Waals surface area contributed by atoms with Gasteiger partial charge in [0.25, 0.3) is 0 Å². The van der Waals surface area contributed by atoms with Gasteiger partial charge in [-0.1, -0.05) is 29.8 Å². The first-order chi connectivity index (χ1) is 13.2. The molecule has 0 aliphatic heterocycles. The molecule has 27 heavy (non-hydrogen) atoms. The molecule has 0 amide bonds. The fraction of sp³-hybridized carbons (Fsp3) is 0.250. The minimum absolute atomic E-state index is 0.566. The molecular weight excluding hydrogens is 340 g/mol. The Hall–Kier alpha value is -3.35. The van der Waals surface area contributed by atoms with Crippen LogP contribution >= 0.6 is 0 Å². The predicted molar refractivity (Wildman–Crippen MR) is 106 cm³/mol. The first-order valence-electron chi connectivity index (χ1n) is 8.82. The summed E-state index contributed by atoms with van der Waals surface area (Å²) in [6, 6.07) is 16.2. The van der Waals surface area contributed by atoms with E-state index in [2.05, 4.69) is 44.8 Å². The van der Waals surface area contributed by atoms with E-state index in [-0.39, 0.29) is 0 Å². The van der Waals surface area contributed by atoms with E-state index in [1.54, 1.807) is 18.1 Å². The lowest BCUT2D eigenvalue weighted by Gasteiger charge is -2.13. The van der Waals surface area contributed by atoms with Crippen molar-refractivity contribution in [1.29, 1.82) is 0 Å². The van der Waals surface area contributed by atoms with E-state index in [0.29, 0.717) is 19.7 Å². The predicted octanol–water partition coefficient (Wildman–Crippen LogP) is 2.32. The zero-order valence-corrected chi connectivity index (χ0v) is 15.6. The van der Waals surface area contributed by atoms with Crippen molar-refractivity contribution in [2.45, 2.75) is 13.5 Å². The van der Waals surface area contributed by atoms with Gasteiger partial charge in [0.2, 0.25) is 0 Å². The smallest absolute Gasteiger partial charge is 0.191 e. The van der Waals surface area contributed by atoms with Crippen LogP contribution in [0.1, 0.15) is 11.1 Å². The summed E-state index contributed by atoms with van der Waals surface area (Å²) in [6.07, 6.45) is 3.20. The van der Waals surface area contributed by atoms with Gasteiger partial charge in [-0.15, -0.1) is 0 Å².